The summed E-state index contributed by atoms with van der Waals surface area (Å²) < 4.78 is 11.4. The first kappa shape index (κ1) is 12.1. The molecule has 5 nitrogen and oxygen atoms in total. The van der Waals surface area contributed by atoms with Crippen LogP contribution in [0.5, 0.6) is 0 Å². The van der Waals surface area contributed by atoms with Gasteiger partial charge in [0, 0.05) is 11.9 Å². The Hall–Kier alpha value is -1.34. The van der Waals surface area contributed by atoms with Crippen LogP contribution in [0.25, 0.3) is 10.6 Å². The molecular formula is C10H12N4OS2. The molecule has 2 aromatic heterocycles. The number of anilines is 1. The molecule has 0 bridgehead atoms. The Morgan fingerprint density at radius 1 is 1.29 bits per heavy atom. The molecule has 0 saturated carbocycles. The van der Waals surface area contributed by atoms with Crippen molar-refractivity contribution in [2.24, 2.45) is 0 Å². The number of aryl methyl sites for hydroxylation is 2. The number of hydrogen-bond donors (Lipinski definition) is 1. The van der Waals surface area contributed by atoms with Crippen molar-refractivity contribution in [2.75, 3.05) is 12.0 Å². The van der Waals surface area contributed by atoms with Crippen molar-refractivity contribution in [1.29, 1.82) is 0 Å². The Morgan fingerprint density at radius 2 is 2.00 bits per heavy atom. The van der Waals surface area contributed by atoms with Gasteiger partial charge < -0.3 is 5.73 Å². The largest absolute Gasteiger partial charge is 0.375 e. The van der Waals surface area contributed by atoms with Gasteiger partial charge in [-0.25, -0.2) is 15.0 Å². The van der Waals surface area contributed by atoms with E-state index in [1.807, 2.05) is 19.9 Å². The molecule has 0 radical (unpaired) electrons. The van der Waals surface area contributed by atoms with Crippen LogP contribution < -0.4 is 5.73 Å². The highest BCUT2D eigenvalue weighted by molar-refractivity contribution is 7.84. The third-order valence-corrected chi connectivity index (χ3v) is 3.84. The monoisotopic (exact) mass is 268 g/mol. The zero-order valence-electron chi connectivity index (χ0n) is 9.72. The maximum atomic E-state index is 11.4. The summed E-state index contributed by atoms with van der Waals surface area (Å²) in [5.74, 6) is 0. The lowest BCUT2D eigenvalue weighted by atomic mass is 10.2. The highest BCUT2D eigenvalue weighted by atomic mass is 32.2. The van der Waals surface area contributed by atoms with Crippen molar-refractivity contribution in [1.82, 2.24) is 15.0 Å². The molecule has 0 aromatic carbocycles. The van der Waals surface area contributed by atoms with E-state index in [4.69, 9.17) is 5.73 Å². The van der Waals surface area contributed by atoms with Gasteiger partial charge in [0.2, 0.25) is 5.16 Å². The first-order valence-electron chi connectivity index (χ1n) is 4.89. The first-order chi connectivity index (χ1) is 7.97. The lowest BCUT2D eigenvalue weighted by molar-refractivity contribution is 0.679. The zero-order valence-corrected chi connectivity index (χ0v) is 11.4. The van der Waals surface area contributed by atoms with Gasteiger partial charge in [-0.3, -0.25) is 4.21 Å². The average molecular weight is 268 g/mol. The molecular weight excluding hydrogens is 256 g/mol. The summed E-state index contributed by atoms with van der Waals surface area (Å²) in [7, 11) is -1.19. The number of aromatic nitrogens is 3. The molecule has 0 amide bonds. The summed E-state index contributed by atoms with van der Waals surface area (Å²) >= 11 is 1.37. The topological polar surface area (TPSA) is 81.8 Å². The lowest BCUT2D eigenvalue weighted by Gasteiger charge is -2.02. The van der Waals surface area contributed by atoms with Crippen LogP contribution in [0.3, 0.4) is 0 Å². The number of thiazole rings is 1. The molecule has 2 rings (SSSR count). The fraction of sp³-hybridized carbons (Fsp3) is 0.300. The normalized spacial score (nSPS) is 12.6. The van der Waals surface area contributed by atoms with Crippen molar-refractivity contribution >= 4 is 27.3 Å². The molecule has 2 N–H and O–H groups in total. The smallest absolute Gasteiger partial charge is 0.218 e. The van der Waals surface area contributed by atoms with Crippen LogP contribution in [0, 0.1) is 13.8 Å². The summed E-state index contributed by atoms with van der Waals surface area (Å²) in [5.41, 5.74) is 8.00. The molecule has 7 heteroatoms. The fourth-order valence-electron chi connectivity index (χ4n) is 1.44. The highest BCUT2D eigenvalue weighted by Crippen LogP contribution is 2.30. The summed E-state index contributed by atoms with van der Waals surface area (Å²) in [6.45, 7) is 3.73. The van der Waals surface area contributed by atoms with E-state index < -0.39 is 10.8 Å². The molecule has 2 aromatic rings. The molecule has 2 heterocycles. The maximum absolute atomic E-state index is 11.4. The van der Waals surface area contributed by atoms with E-state index in [9.17, 15) is 4.21 Å². The number of hydrogen-bond acceptors (Lipinski definition) is 6. The van der Waals surface area contributed by atoms with Gasteiger partial charge in [0.05, 0.1) is 27.1 Å². The van der Waals surface area contributed by atoms with Gasteiger partial charge in [-0.2, -0.15) is 0 Å². The van der Waals surface area contributed by atoms with E-state index >= 15 is 0 Å². The van der Waals surface area contributed by atoms with Gasteiger partial charge in [0.15, 0.2) is 5.13 Å². The molecule has 0 spiro atoms. The molecule has 17 heavy (non-hydrogen) atoms. The van der Waals surface area contributed by atoms with Crippen LogP contribution in [0.1, 0.15) is 11.4 Å². The lowest BCUT2D eigenvalue weighted by Crippen LogP contribution is -2.00. The molecule has 0 aliphatic rings. The van der Waals surface area contributed by atoms with Crippen molar-refractivity contribution in [3.05, 3.63) is 17.5 Å². The molecule has 0 saturated heterocycles. The van der Waals surface area contributed by atoms with Crippen LogP contribution in [-0.2, 0) is 10.8 Å². The van der Waals surface area contributed by atoms with Gasteiger partial charge in [0.25, 0.3) is 0 Å². The Bertz CT molecular complexity index is 594. The predicted octanol–water partition coefficient (Wildman–Crippen LogP) is 1.54. The van der Waals surface area contributed by atoms with E-state index in [2.05, 4.69) is 15.0 Å². The minimum absolute atomic E-state index is 0.339. The van der Waals surface area contributed by atoms with Gasteiger partial charge in [-0.05, 0) is 19.9 Å². The third-order valence-electron chi connectivity index (χ3n) is 2.14. The van der Waals surface area contributed by atoms with Crippen LogP contribution in [-0.4, -0.2) is 25.4 Å². The van der Waals surface area contributed by atoms with E-state index in [-0.39, 0.29) is 0 Å². The van der Waals surface area contributed by atoms with E-state index in [0.29, 0.717) is 10.3 Å². The predicted molar refractivity (Wildman–Crippen MR) is 69.4 cm³/mol. The van der Waals surface area contributed by atoms with E-state index in [1.54, 1.807) is 6.26 Å². The van der Waals surface area contributed by atoms with Crippen molar-refractivity contribution in [3.63, 3.8) is 0 Å². The number of nitrogens with zero attached hydrogens (tertiary/aromatic N) is 3. The van der Waals surface area contributed by atoms with Crippen molar-refractivity contribution in [2.45, 2.75) is 19.0 Å². The minimum Gasteiger partial charge on any atom is -0.375 e. The summed E-state index contributed by atoms with van der Waals surface area (Å²) in [6.07, 6.45) is 1.56. The second kappa shape index (κ2) is 4.50. The number of rotatable bonds is 2. The maximum Gasteiger partial charge on any atom is 0.218 e. The molecule has 1 unspecified atom stereocenters. The average Bonchev–Trinajstić information content (AvgIpc) is 2.57. The molecule has 0 fully saturated rings. The van der Waals surface area contributed by atoms with Gasteiger partial charge in [-0.1, -0.05) is 11.3 Å². The van der Waals surface area contributed by atoms with Gasteiger partial charge in [-0.15, -0.1) is 0 Å². The second-order valence-electron chi connectivity index (χ2n) is 3.60. The van der Waals surface area contributed by atoms with Crippen molar-refractivity contribution in [3.8, 4) is 10.6 Å². The van der Waals surface area contributed by atoms with Gasteiger partial charge in [0.1, 0.15) is 0 Å². The standard InChI is InChI=1S/C10H12N4OS2/c1-5-4-7(14-10(12-5)17(3)15)8-6(2)13-9(11)16-8/h4H,1-3H3,(H2,11,13). The quantitative estimate of drug-likeness (QED) is 0.835. The van der Waals surface area contributed by atoms with E-state index in [1.165, 1.54) is 11.3 Å². The van der Waals surface area contributed by atoms with Crippen LogP contribution in [0.2, 0.25) is 0 Å². The summed E-state index contributed by atoms with van der Waals surface area (Å²) in [5, 5.41) is 0.847. The molecule has 1 atom stereocenters. The Balaban J connectivity index is 2.59. The number of nitrogen functional groups attached to an aromatic ring is 1. The van der Waals surface area contributed by atoms with Crippen LogP contribution >= 0.6 is 11.3 Å². The summed E-state index contributed by atoms with van der Waals surface area (Å²) in [4.78, 5) is 13.5. The van der Waals surface area contributed by atoms with Crippen molar-refractivity contribution < 1.29 is 4.21 Å². The second-order valence-corrected chi connectivity index (χ2v) is 5.90. The molecule has 90 valence electrons. The third kappa shape index (κ3) is 2.50. The molecule has 0 aliphatic heterocycles. The fourth-order valence-corrected chi connectivity index (χ4v) is 2.73. The zero-order chi connectivity index (χ0) is 12.6. The minimum atomic E-state index is -1.19. The van der Waals surface area contributed by atoms with Gasteiger partial charge >= 0.3 is 0 Å². The Labute approximate surface area is 106 Å². The highest BCUT2D eigenvalue weighted by Gasteiger charge is 2.12. The molecule has 0 aliphatic carbocycles. The van der Waals surface area contributed by atoms with Crippen LogP contribution in [0.15, 0.2) is 11.2 Å². The Morgan fingerprint density at radius 3 is 2.53 bits per heavy atom. The first-order valence-corrected chi connectivity index (χ1v) is 7.27. The van der Waals surface area contributed by atoms with E-state index in [0.717, 1.165) is 22.0 Å². The number of nitrogens with two attached hydrogens (primary N) is 1. The Kier molecular flexibility index (Phi) is 3.21. The SMILES string of the molecule is Cc1cc(-c2sc(N)nc2C)nc(S(C)=O)n1. The summed E-state index contributed by atoms with van der Waals surface area (Å²) in [6, 6.07) is 1.84. The van der Waals surface area contributed by atoms with Crippen LogP contribution in [0.4, 0.5) is 5.13 Å².